The predicted octanol–water partition coefficient (Wildman–Crippen LogP) is 2.91. The third-order valence-corrected chi connectivity index (χ3v) is 1.74. The van der Waals surface area contributed by atoms with Crippen LogP contribution < -0.4 is 0 Å². The fraction of sp³-hybridized carbons (Fsp3) is 1.00. The van der Waals surface area contributed by atoms with Crippen LogP contribution in [-0.4, -0.2) is 12.3 Å². The lowest BCUT2D eigenvalue weighted by Gasteiger charge is -2.08. The zero-order chi connectivity index (χ0) is 7.28. The van der Waals surface area contributed by atoms with E-state index in [2.05, 4.69) is 0 Å². The van der Waals surface area contributed by atoms with Crippen molar-refractivity contribution in [2.45, 2.75) is 26.2 Å². The van der Waals surface area contributed by atoms with E-state index in [0.29, 0.717) is 5.88 Å². The number of hydrogen-bond donors (Lipinski definition) is 0. The van der Waals surface area contributed by atoms with E-state index in [-0.39, 0.29) is 12.3 Å². The van der Waals surface area contributed by atoms with Gasteiger partial charge in [0.1, 0.15) is 0 Å². The lowest BCUT2D eigenvalue weighted by molar-refractivity contribution is 0.118. The summed E-state index contributed by atoms with van der Waals surface area (Å²) in [6.45, 7) is 1.87. The maximum atomic E-state index is 11.6. The molecule has 0 bridgehead atoms. The molecule has 0 rings (SSSR count). The molecule has 3 heteroatoms. The van der Waals surface area contributed by atoms with Crippen LogP contribution in [0, 0.1) is 5.92 Å². The lowest BCUT2D eigenvalue weighted by atomic mass is 10.1. The fourth-order valence-corrected chi connectivity index (χ4v) is 0.935. The van der Waals surface area contributed by atoms with E-state index in [1.54, 1.807) is 0 Å². The molecule has 9 heavy (non-hydrogen) atoms. The molecule has 1 unspecified atom stereocenters. The first kappa shape index (κ1) is 9.15. The van der Waals surface area contributed by atoms with Crippen molar-refractivity contribution in [3.8, 4) is 0 Å². The van der Waals surface area contributed by atoms with Gasteiger partial charge >= 0.3 is 0 Å². The first-order valence-electron chi connectivity index (χ1n) is 3.04. The molecule has 0 aliphatic carbocycles. The summed E-state index contributed by atoms with van der Waals surface area (Å²) in [5.74, 6) is 0.340. The van der Waals surface area contributed by atoms with E-state index >= 15 is 0 Å². The van der Waals surface area contributed by atoms with Gasteiger partial charge < -0.3 is 0 Å². The quantitative estimate of drug-likeness (QED) is 0.549. The minimum absolute atomic E-state index is 0.00772. The van der Waals surface area contributed by atoms with Crippen LogP contribution in [0.5, 0.6) is 0 Å². The van der Waals surface area contributed by atoms with Crippen LogP contribution in [0.15, 0.2) is 0 Å². The third-order valence-electron chi connectivity index (χ3n) is 1.31. The second-order valence-corrected chi connectivity index (χ2v) is 2.36. The molecule has 0 aromatic carbocycles. The molecule has 0 saturated heterocycles. The Bertz CT molecular complexity index is 62.1. The number of alkyl halides is 3. The highest BCUT2D eigenvalue weighted by Crippen LogP contribution is 2.15. The van der Waals surface area contributed by atoms with Gasteiger partial charge in [0.15, 0.2) is 0 Å². The summed E-state index contributed by atoms with van der Waals surface area (Å²) in [5, 5.41) is 0. The molecule has 0 radical (unpaired) electrons. The predicted molar refractivity (Wildman–Crippen MR) is 35.1 cm³/mol. The molecule has 56 valence electrons. The van der Waals surface area contributed by atoms with Gasteiger partial charge in [0.05, 0.1) is 0 Å². The highest BCUT2D eigenvalue weighted by Gasteiger charge is 2.11. The minimum Gasteiger partial charge on any atom is -0.211 e. The lowest BCUT2D eigenvalue weighted by Crippen LogP contribution is -2.05. The Labute approximate surface area is 59.2 Å². The molecule has 0 aliphatic rings. The van der Waals surface area contributed by atoms with Crippen molar-refractivity contribution in [2.24, 2.45) is 5.92 Å². The maximum Gasteiger partial charge on any atom is 0.238 e. The van der Waals surface area contributed by atoms with Gasteiger partial charge in [-0.1, -0.05) is 13.3 Å². The van der Waals surface area contributed by atoms with Gasteiger partial charge in [-0.25, -0.2) is 8.78 Å². The first-order valence-corrected chi connectivity index (χ1v) is 3.58. The highest BCUT2D eigenvalue weighted by molar-refractivity contribution is 6.18. The van der Waals surface area contributed by atoms with Gasteiger partial charge in [0.25, 0.3) is 0 Å². The molecule has 0 saturated carbocycles. The average Bonchev–Trinajstić information content (AvgIpc) is 1.82. The van der Waals surface area contributed by atoms with Gasteiger partial charge in [0.2, 0.25) is 6.43 Å². The van der Waals surface area contributed by atoms with Crippen LogP contribution in [0.4, 0.5) is 8.78 Å². The van der Waals surface area contributed by atoms with Gasteiger partial charge in [-0.15, -0.1) is 11.6 Å². The van der Waals surface area contributed by atoms with Crippen LogP contribution in [0.1, 0.15) is 19.8 Å². The van der Waals surface area contributed by atoms with Crippen LogP contribution in [0.2, 0.25) is 0 Å². The largest absolute Gasteiger partial charge is 0.238 e. The topological polar surface area (TPSA) is 0 Å². The van der Waals surface area contributed by atoms with E-state index in [0.717, 1.165) is 6.42 Å². The molecule has 0 amide bonds. The molecule has 0 aromatic rings. The van der Waals surface area contributed by atoms with Gasteiger partial charge in [-0.3, -0.25) is 0 Å². The van der Waals surface area contributed by atoms with E-state index in [4.69, 9.17) is 11.6 Å². The zero-order valence-corrected chi connectivity index (χ0v) is 6.17. The van der Waals surface area contributed by atoms with Gasteiger partial charge in [-0.2, -0.15) is 0 Å². The van der Waals surface area contributed by atoms with Crippen LogP contribution in [0.25, 0.3) is 0 Å². The van der Waals surface area contributed by atoms with Crippen molar-refractivity contribution in [1.29, 1.82) is 0 Å². The van der Waals surface area contributed by atoms with Crippen LogP contribution in [0.3, 0.4) is 0 Å². The van der Waals surface area contributed by atoms with Gasteiger partial charge in [-0.05, 0) is 5.92 Å². The molecule has 0 spiro atoms. The molecule has 0 aromatic heterocycles. The highest BCUT2D eigenvalue weighted by atomic mass is 35.5. The SMILES string of the molecule is CCC(CCl)CC(F)F. The second-order valence-electron chi connectivity index (χ2n) is 2.06. The van der Waals surface area contributed by atoms with Gasteiger partial charge in [0, 0.05) is 12.3 Å². The normalized spacial score (nSPS) is 14.3. The molecule has 1 atom stereocenters. The maximum absolute atomic E-state index is 11.6. The van der Waals surface area contributed by atoms with Crippen LogP contribution >= 0.6 is 11.6 Å². The van der Waals surface area contributed by atoms with Crippen molar-refractivity contribution < 1.29 is 8.78 Å². The molecule has 0 fully saturated rings. The summed E-state index contributed by atoms with van der Waals surface area (Å²) >= 11 is 5.38. The second kappa shape index (κ2) is 4.98. The third kappa shape index (κ3) is 4.64. The molecule has 0 heterocycles. The standard InChI is InChI=1S/C6H11ClF2/c1-2-5(4-7)3-6(8)9/h5-6H,2-4H2,1H3. The van der Waals surface area contributed by atoms with Crippen molar-refractivity contribution >= 4 is 11.6 Å². The Hall–Kier alpha value is 0.150. The Morgan fingerprint density at radius 1 is 1.44 bits per heavy atom. The zero-order valence-electron chi connectivity index (χ0n) is 5.41. The Morgan fingerprint density at radius 3 is 2.11 bits per heavy atom. The average molecular weight is 157 g/mol. The molecular weight excluding hydrogens is 146 g/mol. The Kier molecular flexibility index (Phi) is 5.06. The monoisotopic (exact) mass is 156 g/mol. The van der Waals surface area contributed by atoms with E-state index < -0.39 is 6.43 Å². The summed E-state index contributed by atoms with van der Waals surface area (Å²) < 4.78 is 23.2. The minimum atomic E-state index is -2.20. The Morgan fingerprint density at radius 2 is 2.00 bits per heavy atom. The van der Waals surface area contributed by atoms with Crippen molar-refractivity contribution in [3.05, 3.63) is 0 Å². The van der Waals surface area contributed by atoms with E-state index in [9.17, 15) is 8.78 Å². The van der Waals surface area contributed by atoms with E-state index in [1.807, 2.05) is 6.92 Å². The van der Waals surface area contributed by atoms with Crippen molar-refractivity contribution in [1.82, 2.24) is 0 Å². The summed E-state index contributed by atoms with van der Waals surface area (Å²) in [6, 6.07) is 0. The first-order chi connectivity index (χ1) is 4.20. The fourth-order valence-electron chi connectivity index (χ4n) is 0.591. The van der Waals surface area contributed by atoms with Crippen molar-refractivity contribution in [2.75, 3.05) is 5.88 Å². The molecule has 0 nitrogen and oxygen atoms in total. The molecule has 0 aliphatic heterocycles. The number of hydrogen-bond acceptors (Lipinski definition) is 0. The van der Waals surface area contributed by atoms with E-state index in [1.165, 1.54) is 0 Å². The van der Waals surface area contributed by atoms with Crippen molar-refractivity contribution in [3.63, 3.8) is 0 Å². The molecular formula is C6H11ClF2. The van der Waals surface area contributed by atoms with Crippen LogP contribution in [-0.2, 0) is 0 Å². The smallest absolute Gasteiger partial charge is 0.211 e. The molecule has 0 N–H and O–H groups in total. The summed E-state index contributed by atoms with van der Waals surface area (Å²) in [4.78, 5) is 0. The summed E-state index contributed by atoms with van der Waals surface area (Å²) in [6.07, 6.45) is -1.51. The number of halogens is 3. The Balaban J connectivity index is 3.31. The number of rotatable bonds is 4. The summed E-state index contributed by atoms with van der Waals surface area (Å²) in [7, 11) is 0. The summed E-state index contributed by atoms with van der Waals surface area (Å²) in [5.41, 5.74) is 0.